The van der Waals surface area contributed by atoms with E-state index in [1.54, 1.807) is 4.90 Å². The molecule has 0 aliphatic rings. The van der Waals surface area contributed by atoms with Crippen molar-refractivity contribution in [2.24, 2.45) is 0 Å². The maximum Gasteiger partial charge on any atom is 0.209 e. The highest BCUT2D eigenvalue weighted by molar-refractivity contribution is 5.46. The Bertz CT molecular complexity index is 268. The fraction of sp³-hybridized carbons (Fsp3) is 0.600. The minimum Gasteiger partial charge on any atom is -0.372 e. The Balaban J connectivity index is 0.000000265. The molecule has 2 N–H and O–H groups in total. The number of aromatic nitrogens is 2. The smallest absolute Gasteiger partial charge is 0.209 e. The minimum absolute atomic E-state index is 0.819. The van der Waals surface area contributed by atoms with Crippen LogP contribution in [0.15, 0.2) is 6.07 Å². The molecular weight excluding hydrogens is 192 g/mol. The first kappa shape index (κ1) is 13.5. The Morgan fingerprint density at radius 1 is 1.53 bits per heavy atom. The number of nitrogens with zero attached hydrogens (tertiary/aromatic N) is 2. The number of aryl methyl sites for hydroxylation is 1. The molecule has 0 saturated carbocycles. The zero-order valence-electron chi connectivity index (χ0n) is 9.87. The van der Waals surface area contributed by atoms with Crippen molar-refractivity contribution in [2.75, 3.05) is 25.5 Å². The van der Waals surface area contributed by atoms with Gasteiger partial charge in [-0.3, -0.25) is 9.89 Å². The normalized spacial score (nSPS) is 8.80. The van der Waals surface area contributed by atoms with Crippen LogP contribution < -0.4 is 5.32 Å². The number of aromatic amines is 1. The van der Waals surface area contributed by atoms with Crippen molar-refractivity contribution in [3.8, 4) is 0 Å². The molecule has 15 heavy (non-hydrogen) atoms. The molecule has 1 heterocycles. The second-order valence-corrected chi connectivity index (χ2v) is 3.01. The summed E-state index contributed by atoms with van der Waals surface area (Å²) < 4.78 is 0. The summed E-state index contributed by atoms with van der Waals surface area (Å²) in [5, 5.41) is 9.61. The van der Waals surface area contributed by atoms with E-state index in [2.05, 4.69) is 15.5 Å². The van der Waals surface area contributed by atoms with Crippen LogP contribution in [0.1, 0.15) is 19.5 Å². The highest BCUT2D eigenvalue weighted by atomic mass is 16.1. The third kappa shape index (κ3) is 5.72. The van der Waals surface area contributed by atoms with E-state index >= 15 is 0 Å². The molecule has 0 radical (unpaired) electrons. The molecule has 0 saturated heterocycles. The fourth-order valence-corrected chi connectivity index (χ4v) is 0.919. The molecule has 0 spiro atoms. The lowest BCUT2D eigenvalue weighted by Crippen LogP contribution is -2.19. The molecule has 0 fully saturated rings. The van der Waals surface area contributed by atoms with Crippen molar-refractivity contribution < 1.29 is 4.79 Å². The zero-order chi connectivity index (χ0) is 11.7. The maximum absolute atomic E-state index is 9.89. The van der Waals surface area contributed by atoms with Crippen molar-refractivity contribution in [2.45, 2.75) is 20.8 Å². The van der Waals surface area contributed by atoms with E-state index in [4.69, 9.17) is 0 Å². The lowest BCUT2D eigenvalue weighted by Gasteiger charge is -2.08. The summed E-state index contributed by atoms with van der Waals surface area (Å²) in [6.45, 7) is 7.52. The number of hydrogen-bond donors (Lipinski definition) is 2. The number of hydrogen-bond acceptors (Lipinski definition) is 3. The number of nitrogens with one attached hydrogen (secondary N) is 2. The number of amides is 1. The van der Waals surface area contributed by atoms with Gasteiger partial charge in [-0.05, 0) is 20.8 Å². The Labute approximate surface area is 90.9 Å². The molecule has 0 atom stereocenters. The van der Waals surface area contributed by atoms with E-state index in [1.165, 1.54) is 0 Å². The summed E-state index contributed by atoms with van der Waals surface area (Å²) in [6, 6.07) is 1.94. The van der Waals surface area contributed by atoms with Crippen LogP contribution in [0, 0.1) is 6.92 Å². The molecule has 1 aromatic rings. The van der Waals surface area contributed by atoms with E-state index in [-0.39, 0.29) is 0 Å². The number of carbonyl (C=O) groups is 1. The molecule has 5 nitrogen and oxygen atoms in total. The monoisotopic (exact) mass is 212 g/mol. The van der Waals surface area contributed by atoms with Gasteiger partial charge in [0.1, 0.15) is 5.82 Å². The Hall–Kier alpha value is -1.52. The third-order valence-corrected chi connectivity index (χ3v) is 1.92. The van der Waals surface area contributed by atoms with E-state index < -0.39 is 0 Å². The first-order chi connectivity index (χ1) is 7.17. The first-order valence-corrected chi connectivity index (χ1v) is 5.07. The van der Waals surface area contributed by atoms with Gasteiger partial charge in [-0.2, -0.15) is 5.10 Å². The summed E-state index contributed by atoms with van der Waals surface area (Å²) in [5.41, 5.74) is 1.08. The van der Waals surface area contributed by atoms with E-state index in [0.717, 1.165) is 31.0 Å². The van der Waals surface area contributed by atoms with Gasteiger partial charge in [-0.1, -0.05) is 0 Å². The van der Waals surface area contributed by atoms with Crippen molar-refractivity contribution in [3.63, 3.8) is 0 Å². The van der Waals surface area contributed by atoms with Gasteiger partial charge < -0.3 is 10.2 Å². The summed E-state index contributed by atoms with van der Waals surface area (Å²) in [5.74, 6) is 0.891. The summed E-state index contributed by atoms with van der Waals surface area (Å²) in [6.07, 6.45) is 0.861. The molecule has 0 aliphatic carbocycles. The van der Waals surface area contributed by atoms with Crippen LogP contribution in [-0.2, 0) is 4.79 Å². The summed E-state index contributed by atoms with van der Waals surface area (Å²) >= 11 is 0. The topological polar surface area (TPSA) is 61.0 Å². The van der Waals surface area contributed by atoms with Crippen LogP contribution in [0.3, 0.4) is 0 Å². The summed E-state index contributed by atoms with van der Waals surface area (Å²) in [4.78, 5) is 11.6. The lowest BCUT2D eigenvalue weighted by molar-refractivity contribution is -0.117. The molecule has 86 valence electrons. The Kier molecular flexibility index (Phi) is 7.05. The number of rotatable bonds is 4. The highest BCUT2D eigenvalue weighted by Gasteiger charge is 1.89. The molecule has 0 unspecified atom stereocenters. The van der Waals surface area contributed by atoms with Gasteiger partial charge in [-0.25, -0.2) is 0 Å². The summed E-state index contributed by atoms with van der Waals surface area (Å²) in [7, 11) is 1.84. The lowest BCUT2D eigenvalue weighted by atomic mass is 10.5. The van der Waals surface area contributed by atoms with Gasteiger partial charge in [0.15, 0.2) is 0 Å². The molecular formula is C10H20N4O. The van der Waals surface area contributed by atoms with Crippen molar-refractivity contribution in [1.82, 2.24) is 15.1 Å². The van der Waals surface area contributed by atoms with Gasteiger partial charge in [0.05, 0.1) is 0 Å². The standard InChI is InChI=1S/C5H9N3.C5H11NO/c1-4-3-5(6-2)8-7-4;1-3-6(4-2)5-7/h3H,1-2H3,(H2,6,7,8);5H,3-4H2,1-2H3. The fourth-order valence-electron chi connectivity index (χ4n) is 0.919. The average Bonchev–Trinajstić information content (AvgIpc) is 2.68. The number of anilines is 1. The van der Waals surface area contributed by atoms with Gasteiger partial charge in [0.25, 0.3) is 0 Å². The van der Waals surface area contributed by atoms with Crippen molar-refractivity contribution in [3.05, 3.63) is 11.8 Å². The average molecular weight is 212 g/mol. The quantitative estimate of drug-likeness (QED) is 0.738. The second kappa shape index (κ2) is 7.84. The molecule has 0 aliphatic heterocycles. The van der Waals surface area contributed by atoms with Crippen LogP contribution in [0.5, 0.6) is 0 Å². The van der Waals surface area contributed by atoms with Crippen LogP contribution >= 0.6 is 0 Å². The highest BCUT2D eigenvalue weighted by Crippen LogP contribution is 2.00. The zero-order valence-corrected chi connectivity index (χ0v) is 9.87. The predicted molar refractivity (Wildman–Crippen MR) is 61.9 cm³/mol. The van der Waals surface area contributed by atoms with Crippen LogP contribution in [0.25, 0.3) is 0 Å². The van der Waals surface area contributed by atoms with Crippen LogP contribution in [0.2, 0.25) is 0 Å². The van der Waals surface area contributed by atoms with Gasteiger partial charge in [-0.15, -0.1) is 0 Å². The van der Waals surface area contributed by atoms with Crippen molar-refractivity contribution in [1.29, 1.82) is 0 Å². The third-order valence-electron chi connectivity index (χ3n) is 1.92. The first-order valence-electron chi connectivity index (χ1n) is 5.07. The van der Waals surface area contributed by atoms with Gasteiger partial charge >= 0.3 is 0 Å². The van der Waals surface area contributed by atoms with Crippen LogP contribution in [-0.4, -0.2) is 41.6 Å². The Morgan fingerprint density at radius 3 is 2.27 bits per heavy atom. The number of carbonyl (C=O) groups excluding carboxylic acids is 1. The Morgan fingerprint density at radius 2 is 2.13 bits per heavy atom. The van der Waals surface area contributed by atoms with E-state index in [1.807, 2.05) is 33.9 Å². The van der Waals surface area contributed by atoms with E-state index in [9.17, 15) is 4.79 Å². The largest absolute Gasteiger partial charge is 0.372 e. The van der Waals surface area contributed by atoms with Gasteiger partial charge in [0, 0.05) is 31.9 Å². The molecule has 1 amide bonds. The number of H-pyrrole nitrogens is 1. The van der Waals surface area contributed by atoms with Gasteiger partial charge in [0.2, 0.25) is 6.41 Å². The minimum atomic E-state index is 0.819. The molecule has 1 rings (SSSR count). The molecule has 5 heteroatoms. The molecule has 0 bridgehead atoms. The van der Waals surface area contributed by atoms with Crippen molar-refractivity contribution >= 4 is 12.2 Å². The predicted octanol–water partition coefficient (Wildman–Crippen LogP) is 1.24. The SMILES string of the molecule is CCN(C=O)CC.CNc1cc(C)[nH]n1. The maximum atomic E-state index is 9.89. The van der Waals surface area contributed by atoms with Crippen LogP contribution in [0.4, 0.5) is 5.82 Å². The second-order valence-electron chi connectivity index (χ2n) is 3.01. The molecule has 0 aromatic carbocycles. The molecule has 1 aromatic heterocycles. The van der Waals surface area contributed by atoms with E-state index in [0.29, 0.717) is 0 Å².